The van der Waals surface area contributed by atoms with Crippen LogP contribution in [0.3, 0.4) is 0 Å². The van der Waals surface area contributed by atoms with Gasteiger partial charge in [0.25, 0.3) is 5.91 Å². The van der Waals surface area contributed by atoms with Crippen molar-refractivity contribution < 1.29 is 4.79 Å². The first-order chi connectivity index (χ1) is 8.60. The fourth-order valence-electron chi connectivity index (χ4n) is 1.63. The molecule has 1 aromatic carbocycles. The molecule has 2 aromatic rings. The number of amides is 1. The maximum Gasteiger partial charge on any atom is 0.253 e. The van der Waals surface area contributed by atoms with Gasteiger partial charge in [-0.2, -0.15) is 0 Å². The predicted octanol–water partition coefficient (Wildman–Crippen LogP) is 3.42. The molecule has 1 N–H and O–H groups in total. The lowest BCUT2D eigenvalue weighted by Gasteiger charge is -2.11. The van der Waals surface area contributed by atoms with Gasteiger partial charge < -0.3 is 5.32 Å². The van der Waals surface area contributed by atoms with E-state index in [1.165, 1.54) is 0 Å². The topological polar surface area (TPSA) is 42.0 Å². The summed E-state index contributed by atoms with van der Waals surface area (Å²) in [5.74, 6) is -0.0892. The Morgan fingerprint density at radius 3 is 2.94 bits per heavy atom. The Hall–Kier alpha value is -1.61. The number of carbonyl (C=O) groups is 1. The van der Waals surface area contributed by atoms with E-state index in [0.717, 1.165) is 17.3 Å². The number of rotatable bonds is 3. The molecule has 0 spiro atoms. The third-order valence-corrected chi connectivity index (χ3v) is 3.13. The third kappa shape index (κ3) is 2.79. The third-order valence-electron chi connectivity index (χ3n) is 2.90. The first kappa shape index (κ1) is 12.8. The first-order valence-corrected chi connectivity index (χ1v) is 6.34. The molecular weight excluding hydrogens is 248 g/mol. The van der Waals surface area contributed by atoms with Gasteiger partial charge in [-0.3, -0.25) is 9.78 Å². The van der Waals surface area contributed by atoms with Crippen molar-refractivity contribution in [2.45, 2.75) is 26.3 Å². The zero-order valence-corrected chi connectivity index (χ0v) is 11.2. The summed E-state index contributed by atoms with van der Waals surface area (Å²) >= 11 is 5.89. The molecule has 1 amide bonds. The molecule has 18 heavy (non-hydrogen) atoms. The molecule has 3 nitrogen and oxygen atoms in total. The lowest BCUT2D eigenvalue weighted by molar-refractivity contribution is 0.0939. The highest BCUT2D eigenvalue weighted by molar-refractivity contribution is 6.31. The van der Waals surface area contributed by atoms with Crippen molar-refractivity contribution in [1.29, 1.82) is 0 Å². The number of halogens is 1. The fourth-order valence-corrected chi connectivity index (χ4v) is 1.79. The van der Waals surface area contributed by atoms with Gasteiger partial charge in [0.1, 0.15) is 0 Å². The molecule has 0 saturated heterocycles. The highest BCUT2D eigenvalue weighted by Gasteiger charge is 2.09. The number of benzene rings is 1. The standard InChI is InChI=1S/C14H15ClN2O/c1-3-9(2)17-14(18)11-6-10-4-5-12(15)7-13(10)16-8-11/h4-9H,3H2,1-2H3,(H,17,18). The molecule has 0 fully saturated rings. The lowest BCUT2D eigenvalue weighted by atomic mass is 10.1. The summed E-state index contributed by atoms with van der Waals surface area (Å²) in [4.78, 5) is 16.2. The predicted molar refractivity (Wildman–Crippen MR) is 74.0 cm³/mol. The second-order valence-electron chi connectivity index (χ2n) is 4.34. The van der Waals surface area contributed by atoms with Gasteiger partial charge in [-0.25, -0.2) is 0 Å². The number of carbonyl (C=O) groups excluding carboxylic acids is 1. The van der Waals surface area contributed by atoms with E-state index in [0.29, 0.717) is 10.6 Å². The Morgan fingerprint density at radius 2 is 2.22 bits per heavy atom. The Morgan fingerprint density at radius 1 is 1.44 bits per heavy atom. The smallest absolute Gasteiger partial charge is 0.253 e. The van der Waals surface area contributed by atoms with Crippen molar-refractivity contribution >= 4 is 28.4 Å². The summed E-state index contributed by atoms with van der Waals surface area (Å²) in [5, 5.41) is 4.48. The molecule has 1 unspecified atom stereocenters. The van der Waals surface area contributed by atoms with E-state index >= 15 is 0 Å². The van der Waals surface area contributed by atoms with Crippen LogP contribution < -0.4 is 5.32 Å². The number of nitrogens with zero attached hydrogens (tertiary/aromatic N) is 1. The van der Waals surface area contributed by atoms with E-state index in [2.05, 4.69) is 10.3 Å². The Balaban J connectivity index is 2.30. The van der Waals surface area contributed by atoms with Gasteiger partial charge in [-0.1, -0.05) is 24.6 Å². The molecule has 0 aliphatic rings. The van der Waals surface area contributed by atoms with Crippen LogP contribution in [-0.4, -0.2) is 16.9 Å². The van der Waals surface area contributed by atoms with Crippen LogP contribution >= 0.6 is 11.6 Å². The van der Waals surface area contributed by atoms with Gasteiger partial charge in [0, 0.05) is 22.6 Å². The van der Waals surface area contributed by atoms with Crippen molar-refractivity contribution in [3.05, 3.63) is 41.0 Å². The molecular formula is C14H15ClN2O. The average molecular weight is 263 g/mol. The van der Waals surface area contributed by atoms with Crippen molar-refractivity contribution in [2.75, 3.05) is 0 Å². The number of hydrogen-bond donors (Lipinski definition) is 1. The van der Waals surface area contributed by atoms with E-state index < -0.39 is 0 Å². The van der Waals surface area contributed by atoms with Gasteiger partial charge >= 0.3 is 0 Å². The average Bonchev–Trinajstić information content (AvgIpc) is 2.37. The molecule has 94 valence electrons. The highest BCUT2D eigenvalue weighted by atomic mass is 35.5. The van der Waals surface area contributed by atoms with E-state index in [9.17, 15) is 4.79 Å². The van der Waals surface area contributed by atoms with E-state index in [4.69, 9.17) is 11.6 Å². The maximum atomic E-state index is 11.9. The first-order valence-electron chi connectivity index (χ1n) is 5.96. The van der Waals surface area contributed by atoms with E-state index in [-0.39, 0.29) is 11.9 Å². The second-order valence-corrected chi connectivity index (χ2v) is 4.78. The van der Waals surface area contributed by atoms with Crippen LogP contribution in [0.4, 0.5) is 0 Å². The summed E-state index contributed by atoms with van der Waals surface area (Å²) in [5.41, 5.74) is 1.37. The van der Waals surface area contributed by atoms with Crippen LogP contribution in [0.1, 0.15) is 30.6 Å². The van der Waals surface area contributed by atoms with Crippen molar-refractivity contribution in [2.24, 2.45) is 0 Å². The zero-order chi connectivity index (χ0) is 13.1. The van der Waals surface area contributed by atoms with Gasteiger partial charge in [-0.15, -0.1) is 0 Å². The second kappa shape index (κ2) is 5.36. The minimum Gasteiger partial charge on any atom is -0.350 e. The molecule has 0 saturated carbocycles. The Labute approximate surface area is 111 Å². The van der Waals surface area contributed by atoms with Crippen LogP contribution in [0, 0.1) is 0 Å². The summed E-state index contributed by atoms with van der Waals surface area (Å²) in [7, 11) is 0. The van der Waals surface area contributed by atoms with Crippen LogP contribution in [0.15, 0.2) is 30.5 Å². The van der Waals surface area contributed by atoms with Crippen molar-refractivity contribution in [1.82, 2.24) is 10.3 Å². The maximum absolute atomic E-state index is 11.9. The largest absolute Gasteiger partial charge is 0.350 e. The van der Waals surface area contributed by atoms with Crippen LogP contribution in [0.2, 0.25) is 5.02 Å². The summed E-state index contributed by atoms with van der Waals surface area (Å²) in [6.07, 6.45) is 2.48. The van der Waals surface area contributed by atoms with Crippen molar-refractivity contribution in [3.8, 4) is 0 Å². The highest BCUT2D eigenvalue weighted by Crippen LogP contribution is 2.18. The molecule has 0 bridgehead atoms. The van der Waals surface area contributed by atoms with Crippen LogP contribution in [0.25, 0.3) is 10.9 Å². The van der Waals surface area contributed by atoms with Gasteiger partial charge in [0.2, 0.25) is 0 Å². The summed E-state index contributed by atoms with van der Waals surface area (Å²) < 4.78 is 0. The lowest BCUT2D eigenvalue weighted by Crippen LogP contribution is -2.31. The van der Waals surface area contributed by atoms with Gasteiger partial charge in [0.05, 0.1) is 11.1 Å². The molecule has 1 aromatic heterocycles. The van der Waals surface area contributed by atoms with E-state index in [1.54, 1.807) is 18.3 Å². The molecule has 0 radical (unpaired) electrons. The van der Waals surface area contributed by atoms with Crippen LogP contribution in [-0.2, 0) is 0 Å². The van der Waals surface area contributed by atoms with Crippen LogP contribution in [0.5, 0.6) is 0 Å². The number of nitrogens with one attached hydrogen (secondary N) is 1. The zero-order valence-electron chi connectivity index (χ0n) is 10.4. The number of hydrogen-bond acceptors (Lipinski definition) is 2. The minimum absolute atomic E-state index is 0.0892. The molecule has 2 rings (SSSR count). The van der Waals surface area contributed by atoms with E-state index in [1.807, 2.05) is 26.0 Å². The monoisotopic (exact) mass is 262 g/mol. The number of aromatic nitrogens is 1. The number of pyridine rings is 1. The van der Waals surface area contributed by atoms with Gasteiger partial charge in [0.15, 0.2) is 0 Å². The Bertz CT molecular complexity index is 583. The number of fused-ring (bicyclic) bond motifs is 1. The molecule has 0 aliphatic carbocycles. The molecule has 4 heteroatoms. The summed E-state index contributed by atoms with van der Waals surface area (Å²) in [6, 6.07) is 7.44. The molecule has 1 heterocycles. The molecule has 0 aliphatic heterocycles. The Kier molecular flexibility index (Phi) is 3.82. The SMILES string of the molecule is CCC(C)NC(=O)c1cnc2cc(Cl)ccc2c1. The van der Waals surface area contributed by atoms with Gasteiger partial charge in [-0.05, 0) is 31.5 Å². The normalized spacial score (nSPS) is 12.4. The molecule has 1 atom stereocenters. The minimum atomic E-state index is -0.0892. The quantitative estimate of drug-likeness (QED) is 0.921. The summed E-state index contributed by atoms with van der Waals surface area (Å²) in [6.45, 7) is 4.01. The fraction of sp³-hybridized carbons (Fsp3) is 0.286. The van der Waals surface area contributed by atoms with Crippen molar-refractivity contribution in [3.63, 3.8) is 0 Å².